The highest BCUT2D eigenvalue weighted by atomic mass is 16.2. The maximum absolute atomic E-state index is 12.0. The normalized spacial score (nSPS) is 21.4. The molecule has 0 radical (unpaired) electrons. The molecule has 1 aliphatic carbocycles. The molecular weight excluding hydrogens is 254 g/mol. The summed E-state index contributed by atoms with van der Waals surface area (Å²) in [5.41, 5.74) is -0.904. The minimum absolute atomic E-state index is 0.155. The predicted molar refractivity (Wildman–Crippen MR) is 81.2 cm³/mol. The molecule has 0 aromatic carbocycles. The lowest BCUT2D eigenvalue weighted by molar-refractivity contribution is 0.535. The Morgan fingerprint density at radius 3 is 2.65 bits per heavy atom. The summed E-state index contributed by atoms with van der Waals surface area (Å²) in [7, 11) is 0. The summed E-state index contributed by atoms with van der Waals surface area (Å²) >= 11 is 0. The molecule has 0 amide bonds. The molecule has 0 fully saturated rings. The Bertz CT molecular complexity index is 621. The smallest absolute Gasteiger partial charge is 0.330 e. The molecule has 0 aliphatic heterocycles. The van der Waals surface area contributed by atoms with Crippen LogP contribution in [0.1, 0.15) is 39.7 Å². The van der Waals surface area contributed by atoms with Crippen LogP contribution in [0.3, 0.4) is 0 Å². The number of hydrogen-bond donors (Lipinski definition) is 2. The first kappa shape index (κ1) is 14.4. The van der Waals surface area contributed by atoms with E-state index in [9.17, 15) is 9.59 Å². The van der Waals surface area contributed by atoms with Crippen molar-refractivity contribution in [1.82, 2.24) is 9.55 Å². The fraction of sp³-hybridized carbons (Fsp3) is 0.467. The van der Waals surface area contributed by atoms with E-state index in [4.69, 9.17) is 0 Å². The average Bonchev–Trinajstić information content (AvgIpc) is 2.38. The third-order valence-corrected chi connectivity index (χ3v) is 3.64. The minimum Gasteiger partial charge on any atom is -0.362 e. The molecule has 0 bridgehead atoms. The van der Waals surface area contributed by atoms with Gasteiger partial charge in [-0.2, -0.15) is 0 Å². The Hall–Kier alpha value is -2.04. The Morgan fingerprint density at radius 1 is 1.40 bits per heavy atom. The Balaban J connectivity index is 2.36. The molecule has 5 heteroatoms. The van der Waals surface area contributed by atoms with Crippen LogP contribution in [0.25, 0.3) is 0 Å². The lowest BCUT2D eigenvalue weighted by Gasteiger charge is -2.32. The van der Waals surface area contributed by atoms with Crippen molar-refractivity contribution in [2.75, 3.05) is 5.32 Å². The number of rotatable bonds is 4. The third-order valence-electron chi connectivity index (χ3n) is 3.64. The van der Waals surface area contributed by atoms with Gasteiger partial charge in [-0.25, -0.2) is 4.79 Å². The summed E-state index contributed by atoms with van der Waals surface area (Å²) < 4.78 is 1.21. The summed E-state index contributed by atoms with van der Waals surface area (Å²) in [5, 5.41) is 3.28. The molecule has 0 saturated carbocycles. The van der Waals surface area contributed by atoms with Gasteiger partial charge < -0.3 is 5.32 Å². The molecule has 1 aromatic rings. The van der Waals surface area contributed by atoms with Gasteiger partial charge in [0, 0.05) is 12.1 Å². The van der Waals surface area contributed by atoms with Crippen LogP contribution in [0.15, 0.2) is 40.0 Å². The van der Waals surface area contributed by atoms with E-state index in [-0.39, 0.29) is 22.8 Å². The van der Waals surface area contributed by atoms with E-state index < -0.39 is 0 Å². The van der Waals surface area contributed by atoms with Crippen molar-refractivity contribution in [1.29, 1.82) is 0 Å². The van der Waals surface area contributed by atoms with Crippen molar-refractivity contribution in [2.24, 2.45) is 0 Å². The number of hydrogen-bond acceptors (Lipinski definition) is 3. The van der Waals surface area contributed by atoms with Crippen LogP contribution in [0.4, 0.5) is 5.82 Å². The molecule has 2 rings (SSSR count). The Labute approximate surface area is 118 Å². The molecular formula is C15H21N3O2. The maximum Gasteiger partial charge on any atom is 0.330 e. The molecule has 1 atom stereocenters. The average molecular weight is 275 g/mol. The molecule has 1 aromatic heterocycles. The van der Waals surface area contributed by atoms with Crippen molar-refractivity contribution in [3.63, 3.8) is 0 Å². The second kappa shape index (κ2) is 5.53. The SMILES string of the molecule is CC[C@@]1(Nc2cc(=O)n(C(C)C)c(=O)[nH]2)C=CC=CC1. The number of anilines is 1. The van der Waals surface area contributed by atoms with Gasteiger partial charge in [-0.15, -0.1) is 0 Å². The summed E-state index contributed by atoms with van der Waals surface area (Å²) in [6.07, 6.45) is 9.81. The number of nitrogens with one attached hydrogen (secondary N) is 2. The third kappa shape index (κ3) is 2.76. The van der Waals surface area contributed by atoms with Crippen LogP contribution in [-0.2, 0) is 0 Å². The highest BCUT2D eigenvalue weighted by Crippen LogP contribution is 2.25. The zero-order valence-corrected chi connectivity index (χ0v) is 12.1. The molecule has 0 unspecified atom stereocenters. The first-order valence-corrected chi connectivity index (χ1v) is 6.96. The van der Waals surface area contributed by atoms with Gasteiger partial charge in [0.05, 0.1) is 5.54 Å². The van der Waals surface area contributed by atoms with Gasteiger partial charge in [-0.1, -0.05) is 31.2 Å². The van der Waals surface area contributed by atoms with Crippen LogP contribution in [-0.4, -0.2) is 15.1 Å². The van der Waals surface area contributed by atoms with Crippen molar-refractivity contribution in [2.45, 2.75) is 45.2 Å². The first-order valence-electron chi connectivity index (χ1n) is 6.96. The summed E-state index contributed by atoms with van der Waals surface area (Å²) in [4.78, 5) is 26.7. The van der Waals surface area contributed by atoms with Gasteiger partial charge in [-0.3, -0.25) is 14.3 Å². The standard InChI is InChI=1S/C15H21N3O2/c1-4-15(8-6-5-7-9-15)17-12-10-13(19)18(11(2)3)14(20)16-12/h5-8,10-11,17H,4,9H2,1-3H3,(H,16,20)/t15-/m1/s1. The van der Waals surface area contributed by atoms with Crippen molar-refractivity contribution in [3.8, 4) is 0 Å². The lowest BCUT2D eigenvalue weighted by Crippen LogP contribution is -2.40. The summed E-state index contributed by atoms with van der Waals surface area (Å²) in [6.45, 7) is 5.70. The lowest BCUT2D eigenvalue weighted by atomic mass is 9.88. The van der Waals surface area contributed by atoms with Gasteiger partial charge in [0.1, 0.15) is 5.82 Å². The number of aromatic nitrogens is 2. The molecule has 108 valence electrons. The van der Waals surface area contributed by atoms with E-state index in [2.05, 4.69) is 29.4 Å². The molecule has 20 heavy (non-hydrogen) atoms. The van der Waals surface area contributed by atoms with E-state index >= 15 is 0 Å². The van der Waals surface area contributed by atoms with Crippen LogP contribution in [0.2, 0.25) is 0 Å². The molecule has 2 N–H and O–H groups in total. The zero-order valence-electron chi connectivity index (χ0n) is 12.1. The minimum atomic E-state index is -0.378. The van der Waals surface area contributed by atoms with Gasteiger partial charge in [-0.05, 0) is 26.7 Å². The maximum atomic E-state index is 12.0. The van der Waals surface area contributed by atoms with E-state index in [0.29, 0.717) is 5.82 Å². The van der Waals surface area contributed by atoms with E-state index in [1.54, 1.807) is 0 Å². The number of nitrogens with zero attached hydrogens (tertiary/aromatic N) is 1. The molecule has 0 spiro atoms. The zero-order chi connectivity index (χ0) is 14.8. The van der Waals surface area contributed by atoms with Gasteiger partial charge in [0.25, 0.3) is 5.56 Å². The molecule has 0 saturated heterocycles. The van der Waals surface area contributed by atoms with Crippen LogP contribution >= 0.6 is 0 Å². The first-order chi connectivity index (χ1) is 9.47. The second-order valence-electron chi connectivity index (χ2n) is 5.42. The van der Waals surface area contributed by atoms with Gasteiger partial charge >= 0.3 is 5.69 Å². The number of allylic oxidation sites excluding steroid dienone is 2. The fourth-order valence-electron chi connectivity index (χ4n) is 2.44. The van der Waals surface area contributed by atoms with Crippen LogP contribution in [0.5, 0.6) is 0 Å². The molecule has 1 aliphatic rings. The largest absolute Gasteiger partial charge is 0.362 e. The van der Waals surface area contributed by atoms with E-state index in [1.807, 2.05) is 26.0 Å². The van der Waals surface area contributed by atoms with Crippen LogP contribution < -0.4 is 16.6 Å². The predicted octanol–water partition coefficient (Wildman–Crippen LogP) is 2.19. The van der Waals surface area contributed by atoms with Crippen molar-refractivity contribution < 1.29 is 0 Å². The van der Waals surface area contributed by atoms with Gasteiger partial charge in [0.15, 0.2) is 0 Å². The van der Waals surface area contributed by atoms with Gasteiger partial charge in [0.2, 0.25) is 0 Å². The monoisotopic (exact) mass is 275 g/mol. The summed E-state index contributed by atoms with van der Waals surface area (Å²) in [6, 6.07) is 1.29. The quantitative estimate of drug-likeness (QED) is 0.885. The molecule has 1 heterocycles. The topological polar surface area (TPSA) is 66.9 Å². The second-order valence-corrected chi connectivity index (χ2v) is 5.42. The van der Waals surface area contributed by atoms with E-state index in [0.717, 1.165) is 12.8 Å². The van der Waals surface area contributed by atoms with Crippen LogP contribution in [0, 0.1) is 0 Å². The summed E-state index contributed by atoms with van der Waals surface area (Å²) in [5.74, 6) is 0.471. The van der Waals surface area contributed by atoms with Crippen molar-refractivity contribution in [3.05, 3.63) is 51.2 Å². The highest BCUT2D eigenvalue weighted by Gasteiger charge is 2.25. The van der Waals surface area contributed by atoms with Crippen molar-refractivity contribution >= 4 is 5.82 Å². The number of H-pyrrole nitrogens is 1. The van der Waals surface area contributed by atoms with E-state index in [1.165, 1.54) is 10.6 Å². The Morgan fingerprint density at radius 2 is 2.15 bits per heavy atom. The molecule has 5 nitrogen and oxygen atoms in total. The highest BCUT2D eigenvalue weighted by molar-refractivity contribution is 5.41. The number of aromatic amines is 1. The fourth-order valence-corrected chi connectivity index (χ4v) is 2.44. The Kier molecular flexibility index (Phi) is 3.97.